The third-order valence-electron chi connectivity index (χ3n) is 6.87. The van der Waals surface area contributed by atoms with E-state index in [-0.39, 0.29) is 28.8 Å². The maximum absolute atomic E-state index is 13.1. The molecule has 0 spiro atoms. The van der Waals surface area contributed by atoms with Crippen molar-refractivity contribution >= 4 is 11.7 Å². The number of amidine groups is 1. The molecule has 7 heteroatoms. The van der Waals surface area contributed by atoms with E-state index in [9.17, 15) is 15.0 Å². The Labute approximate surface area is 170 Å². The number of aliphatic hydroxyl groups excluding tert-OH is 2. The summed E-state index contributed by atoms with van der Waals surface area (Å²) in [6.45, 7) is 2.19. The topological polar surface area (TPSA) is 85.6 Å². The van der Waals surface area contributed by atoms with Crippen molar-refractivity contribution in [2.24, 2.45) is 4.99 Å². The molecule has 1 aromatic carbocycles. The average Bonchev–Trinajstić information content (AvgIpc) is 3.16. The maximum Gasteiger partial charge on any atom is 0.274 e. The lowest BCUT2D eigenvalue weighted by Crippen LogP contribution is -2.60. The molecule has 29 heavy (non-hydrogen) atoms. The molecule has 0 aromatic heterocycles. The van der Waals surface area contributed by atoms with Crippen molar-refractivity contribution in [1.29, 1.82) is 0 Å². The Kier molecular flexibility index (Phi) is 4.59. The van der Waals surface area contributed by atoms with Crippen LogP contribution in [0.15, 0.2) is 46.8 Å². The Balaban J connectivity index is 1.45. The van der Waals surface area contributed by atoms with Gasteiger partial charge >= 0.3 is 0 Å². The quantitative estimate of drug-likeness (QED) is 0.811. The van der Waals surface area contributed by atoms with E-state index in [0.717, 1.165) is 25.7 Å². The Morgan fingerprint density at radius 2 is 1.86 bits per heavy atom. The lowest BCUT2D eigenvalue weighted by Gasteiger charge is -2.46. The number of hydrogen-bond acceptors (Lipinski definition) is 6. The second kappa shape index (κ2) is 7.15. The summed E-state index contributed by atoms with van der Waals surface area (Å²) in [6.07, 6.45) is 3.71. The number of benzene rings is 1. The summed E-state index contributed by atoms with van der Waals surface area (Å²) in [4.78, 5) is 21.1. The Morgan fingerprint density at radius 1 is 1.14 bits per heavy atom. The van der Waals surface area contributed by atoms with E-state index in [4.69, 9.17) is 4.74 Å². The van der Waals surface area contributed by atoms with Crippen LogP contribution in [0.5, 0.6) is 0 Å². The molecule has 1 amide bonds. The number of ether oxygens (including phenoxy) is 1. The molecule has 1 atom stereocenters. The molecule has 4 aliphatic rings. The molecule has 1 aromatic rings. The summed E-state index contributed by atoms with van der Waals surface area (Å²) in [6, 6.07) is 10.5. The molecule has 3 aliphatic heterocycles. The Morgan fingerprint density at radius 3 is 2.52 bits per heavy atom. The first-order chi connectivity index (χ1) is 14.1. The molecule has 1 unspecified atom stereocenters. The van der Waals surface area contributed by atoms with Crippen LogP contribution in [0, 0.1) is 0 Å². The highest BCUT2D eigenvalue weighted by molar-refractivity contribution is 6.01. The van der Waals surface area contributed by atoms with Crippen LogP contribution in [0.1, 0.15) is 37.7 Å². The summed E-state index contributed by atoms with van der Waals surface area (Å²) in [5, 5.41) is 20.9. The number of fused-ring (bicyclic) bond motifs is 1. The number of aliphatic hydroxyl groups is 2. The Hall–Kier alpha value is -2.38. The first-order valence-electron chi connectivity index (χ1n) is 10.5. The molecule has 5 rings (SSSR count). The first-order valence-corrected chi connectivity index (χ1v) is 10.5. The summed E-state index contributed by atoms with van der Waals surface area (Å²) in [7, 11) is 0. The highest BCUT2D eigenvalue weighted by atomic mass is 16.5. The van der Waals surface area contributed by atoms with Gasteiger partial charge in [0, 0.05) is 24.9 Å². The molecule has 7 nitrogen and oxygen atoms in total. The monoisotopic (exact) mass is 397 g/mol. The van der Waals surface area contributed by atoms with Gasteiger partial charge in [0.15, 0.2) is 11.5 Å². The number of hydrogen-bond donors (Lipinski definition) is 2. The molecule has 1 saturated carbocycles. The zero-order chi connectivity index (χ0) is 20.0. The van der Waals surface area contributed by atoms with Gasteiger partial charge in [-0.15, -0.1) is 0 Å². The fourth-order valence-corrected chi connectivity index (χ4v) is 5.18. The largest absolute Gasteiger partial charge is 0.506 e. The van der Waals surface area contributed by atoms with Crippen LogP contribution < -0.4 is 0 Å². The fraction of sp³-hybridized carbons (Fsp3) is 0.545. The van der Waals surface area contributed by atoms with E-state index in [1.54, 1.807) is 4.90 Å². The average molecular weight is 397 g/mol. The summed E-state index contributed by atoms with van der Waals surface area (Å²) in [5.41, 5.74) is 1.42. The molecule has 3 fully saturated rings. The maximum atomic E-state index is 13.1. The van der Waals surface area contributed by atoms with Crippen LogP contribution >= 0.6 is 0 Å². The van der Waals surface area contributed by atoms with E-state index in [1.807, 2.05) is 11.0 Å². The number of rotatable bonds is 4. The zero-order valence-corrected chi connectivity index (χ0v) is 16.5. The van der Waals surface area contributed by atoms with E-state index < -0.39 is 6.23 Å². The van der Waals surface area contributed by atoms with Crippen molar-refractivity contribution in [2.75, 3.05) is 26.3 Å². The molecular formula is C22H27N3O4. The fourth-order valence-electron chi connectivity index (χ4n) is 5.18. The van der Waals surface area contributed by atoms with Crippen molar-refractivity contribution in [3.8, 4) is 0 Å². The number of nitrogens with zero attached hydrogens (tertiary/aromatic N) is 3. The number of piperazine rings is 1. The van der Waals surface area contributed by atoms with Gasteiger partial charge in [-0.05, 0) is 18.4 Å². The summed E-state index contributed by atoms with van der Waals surface area (Å²) >= 11 is 0. The summed E-state index contributed by atoms with van der Waals surface area (Å²) < 4.78 is 5.23. The van der Waals surface area contributed by atoms with Gasteiger partial charge in [0.2, 0.25) is 6.23 Å². The van der Waals surface area contributed by atoms with Gasteiger partial charge in [0.25, 0.3) is 5.91 Å². The van der Waals surface area contributed by atoms with Gasteiger partial charge < -0.3 is 24.7 Å². The minimum absolute atomic E-state index is 0.0418. The van der Waals surface area contributed by atoms with Crippen molar-refractivity contribution in [3.05, 3.63) is 47.4 Å². The third-order valence-corrected chi connectivity index (χ3v) is 6.87. The van der Waals surface area contributed by atoms with Gasteiger partial charge in [-0.3, -0.25) is 4.79 Å². The van der Waals surface area contributed by atoms with E-state index in [1.165, 1.54) is 5.56 Å². The van der Waals surface area contributed by atoms with E-state index in [0.29, 0.717) is 38.6 Å². The molecule has 1 aliphatic carbocycles. The molecular weight excluding hydrogens is 370 g/mol. The molecule has 0 radical (unpaired) electrons. The predicted octanol–water partition coefficient (Wildman–Crippen LogP) is 1.93. The van der Waals surface area contributed by atoms with Crippen LogP contribution in [0.25, 0.3) is 0 Å². The number of aliphatic imine (C=N–C) groups is 1. The molecule has 154 valence electrons. The lowest BCUT2D eigenvalue weighted by atomic mass is 9.75. The van der Waals surface area contributed by atoms with Crippen molar-refractivity contribution < 1.29 is 19.7 Å². The van der Waals surface area contributed by atoms with Crippen molar-refractivity contribution in [3.63, 3.8) is 0 Å². The molecule has 3 heterocycles. The normalized spacial score (nSPS) is 27.0. The highest BCUT2D eigenvalue weighted by Crippen LogP contribution is 2.45. The van der Waals surface area contributed by atoms with Crippen molar-refractivity contribution in [2.45, 2.75) is 49.8 Å². The predicted molar refractivity (Wildman–Crippen MR) is 107 cm³/mol. The minimum atomic E-state index is -1.38. The van der Waals surface area contributed by atoms with Crippen LogP contribution in [-0.2, 0) is 14.9 Å². The van der Waals surface area contributed by atoms with Gasteiger partial charge in [-0.1, -0.05) is 43.2 Å². The first kappa shape index (κ1) is 18.6. The van der Waals surface area contributed by atoms with E-state index >= 15 is 0 Å². The van der Waals surface area contributed by atoms with Crippen LogP contribution in [0.4, 0.5) is 0 Å². The van der Waals surface area contributed by atoms with E-state index in [2.05, 4.69) is 29.3 Å². The van der Waals surface area contributed by atoms with Crippen molar-refractivity contribution in [1.82, 2.24) is 9.80 Å². The SMILES string of the molecule is O=C1C2=C(O)C(O)N=C(CC3(c4ccccc4)CCCC3)N2CCN1C1COC1. The second-order valence-corrected chi connectivity index (χ2v) is 8.52. The zero-order valence-electron chi connectivity index (χ0n) is 16.5. The van der Waals surface area contributed by atoms with Crippen LogP contribution in [0.2, 0.25) is 0 Å². The lowest BCUT2D eigenvalue weighted by molar-refractivity contribution is -0.145. The van der Waals surface area contributed by atoms with Gasteiger partial charge in [-0.25, -0.2) is 4.99 Å². The number of carbonyl (C=O) groups is 1. The standard InChI is InChI=1S/C22H27N3O4/c26-19-18-21(28)24(16-13-29-14-16)10-11-25(18)17(23-20(19)27)12-22(8-4-5-9-22)15-6-2-1-3-7-15/h1-3,6-7,16,20,26-27H,4-5,8-14H2. The highest BCUT2D eigenvalue weighted by Gasteiger charge is 2.45. The summed E-state index contributed by atoms with van der Waals surface area (Å²) in [5.74, 6) is 0.117. The van der Waals surface area contributed by atoms with Crippen LogP contribution in [-0.4, -0.2) is 70.3 Å². The number of carbonyl (C=O) groups excluding carboxylic acids is 1. The molecule has 0 bridgehead atoms. The second-order valence-electron chi connectivity index (χ2n) is 8.52. The van der Waals surface area contributed by atoms with Gasteiger partial charge in [0.05, 0.1) is 19.3 Å². The molecule has 2 saturated heterocycles. The number of amides is 1. The smallest absolute Gasteiger partial charge is 0.274 e. The molecule has 2 N–H and O–H groups in total. The van der Waals surface area contributed by atoms with Gasteiger partial charge in [-0.2, -0.15) is 0 Å². The Bertz CT molecular complexity index is 856. The van der Waals surface area contributed by atoms with Crippen LogP contribution in [0.3, 0.4) is 0 Å². The van der Waals surface area contributed by atoms with Gasteiger partial charge in [0.1, 0.15) is 5.84 Å². The third kappa shape index (κ3) is 3.04. The minimum Gasteiger partial charge on any atom is -0.506 e.